The molecule has 4 nitrogen and oxygen atoms in total. The first kappa shape index (κ1) is 30.1. The summed E-state index contributed by atoms with van der Waals surface area (Å²) < 4.78 is 6.27. The van der Waals surface area contributed by atoms with Crippen LogP contribution in [0.4, 0.5) is 17.1 Å². The van der Waals surface area contributed by atoms with Gasteiger partial charge in [-0.25, -0.2) is 9.97 Å². The highest BCUT2D eigenvalue weighted by Gasteiger charge is 2.36. The highest BCUT2D eigenvalue weighted by atomic mass is 16.5. The number of rotatable bonds is 6. The monoisotopic (exact) mass is 647 g/mol. The summed E-state index contributed by atoms with van der Waals surface area (Å²) in [6.07, 6.45) is 6.00. The standard InChI is InChI=1S/C46H37N3O/c1-4-14-33(15-5-1)39-32-40(48-45(47-39)35-16-6-2-7-17-35)34-22-24-36(25-23-34)46(30-12-3-13-31-46)37-26-28-38(29-27-37)49-41-18-8-10-20-43(41)50-44-21-11-9-19-42(44)49/h1-2,4-11,14-29,32H,3,12-13,30-31H2. The van der Waals surface area contributed by atoms with Crippen molar-refractivity contribution in [3.8, 4) is 45.4 Å². The zero-order valence-corrected chi connectivity index (χ0v) is 27.9. The van der Waals surface area contributed by atoms with Gasteiger partial charge in [-0.1, -0.05) is 141 Å². The number of aromatic nitrogens is 2. The number of fused-ring (bicyclic) bond motifs is 2. The first-order valence-electron chi connectivity index (χ1n) is 17.6. The molecule has 1 saturated carbocycles. The summed E-state index contributed by atoms with van der Waals surface area (Å²) in [5.41, 5.74) is 11.0. The minimum atomic E-state index is -0.0355. The molecule has 1 aliphatic carbocycles. The number of hydrogen-bond acceptors (Lipinski definition) is 4. The smallest absolute Gasteiger partial charge is 0.160 e. The van der Waals surface area contributed by atoms with E-state index in [2.05, 4.69) is 120 Å². The number of para-hydroxylation sites is 4. The molecule has 1 fully saturated rings. The van der Waals surface area contributed by atoms with Gasteiger partial charge in [-0.3, -0.25) is 0 Å². The maximum Gasteiger partial charge on any atom is 0.160 e. The van der Waals surface area contributed by atoms with Gasteiger partial charge in [0.05, 0.1) is 22.8 Å². The molecule has 0 bridgehead atoms. The number of hydrogen-bond donors (Lipinski definition) is 0. The molecule has 9 rings (SSSR count). The van der Waals surface area contributed by atoms with Crippen LogP contribution in [0.15, 0.2) is 164 Å². The Morgan fingerprint density at radius 3 is 1.52 bits per heavy atom. The quantitative estimate of drug-likeness (QED) is 0.180. The minimum absolute atomic E-state index is 0.0355. The summed E-state index contributed by atoms with van der Waals surface area (Å²) in [6, 6.07) is 57.8. The van der Waals surface area contributed by atoms with Gasteiger partial charge in [0.2, 0.25) is 0 Å². The SMILES string of the molecule is c1ccc(-c2cc(-c3ccc(C4(c5ccc(N6c7ccccc7Oc7ccccc76)cc5)CCCCC4)cc3)nc(-c3ccccc3)n2)cc1. The average molecular weight is 648 g/mol. The molecule has 0 saturated heterocycles. The Hall–Kier alpha value is -6.00. The van der Waals surface area contributed by atoms with E-state index >= 15 is 0 Å². The average Bonchev–Trinajstić information content (AvgIpc) is 3.21. The van der Waals surface area contributed by atoms with Crippen molar-refractivity contribution in [1.29, 1.82) is 0 Å². The molecule has 1 aromatic heterocycles. The van der Waals surface area contributed by atoms with Gasteiger partial charge in [-0.15, -0.1) is 0 Å². The van der Waals surface area contributed by atoms with Crippen molar-refractivity contribution < 1.29 is 4.74 Å². The lowest BCUT2D eigenvalue weighted by molar-refractivity contribution is 0.346. The van der Waals surface area contributed by atoms with Crippen LogP contribution in [0.1, 0.15) is 43.2 Å². The topological polar surface area (TPSA) is 38.2 Å². The van der Waals surface area contributed by atoms with Crippen LogP contribution in [0.25, 0.3) is 33.9 Å². The molecular weight excluding hydrogens is 611 g/mol. The summed E-state index contributed by atoms with van der Waals surface area (Å²) in [5.74, 6) is 2.48. The van der Waals surface area contributed by atoms with E-state index in [9.17, 15) is 0 Å². The van der Waals surface area contributed by atoms with E-state index < -0.39 is 0 Å². The molecule has 0 atom stereocenters. The molecule has 2 heterocycles. The Morgan fingerprint density at radius 2 is 0.940 bits per heavy atom. The van der Waals surface area contributed by atoms with Gasteiger partial charge in [-0.05, 0) is 66.4 Å². The van der Waals surface area contributed by atoms with Crippen molar-refractivity contribution in [2.45, 2.75) is 37.5 Å². The third kappa shape index (κ3) is 5.43. The fraction of sp³-hybridized carbons (Fsp3) is 0.130. The van der Waals surface area contributed by atoms with Crippen LogP contribution in [0.3, 0.4) is 0 Å². The maximum atomic E-state index is 6.27. The van der Waals surface area contributed by atoms with Crippen LogP contribution >= 0.6 is 0 Å². The summed E-state index contributed by atoms with van der Waals surface area (Å²) in [4.78, 5) is 12.4. The van der Waals surface area contributed by atoms with Crippen LogP contribution in [0.5, 0.6) is 11.5 Å². The molecule has 2 aliphatic rings. The van der Waals surface area contributed by atoms with Crippen molar-refractivity contribution in [3.63, 3.8) is 0 Å². The zero-order chi connectivity index (χ0) is 33.3. The Labute approximate surface area is 293 Å². The molecule has 7 aromatic rings. The van der Waals surface area contributed by atoms with Crippen LogP contribution in [-0.2, 0) is 5.41 Å². The molecule has 4 heteroatoms. The Balaban J connectivity index is 1.08. The van der Waals surface area contributed by atoms with Crippen LogP contribution in [-0.4, -0.2) is 9.97 Å². The number of benzene rings is 6. The van der Waals surface area contributed by atoms with Gasteiger partial charge in [0.25, 0.3) is 0 Å². The van der Waals surface area contributed by atoms with Crippen molar-refractivity contribution in [2.75, 3.05) is 4.90 Å². The Morgan fingerprint density at radius 1 is 0.460 bits per heavy atom. The first-order chi connectivity index (χ1) is 24.7. The van der Waals surface area contributed by atoms with Gasteiger partial charge in [0.1, 0.15) is 0 Å². The molecule has 0 unspecified atom stereocenters. The number of anilines is 3. The van der Waals surface area contributed by atoms with E-state index in [1.807, 2.05) is 48.5 Å². The molecule has 242 valence electrons. The largest absolute Gasteiger partial charge is 0.453 e. The van der Waals surface area contributed by atoms with E-state index in [0.717, 1.165) is 75.3 Å². The third-order valence-corrected chi connectivity index (χ3v) is 10.4. The van der Waals surface area contributed by atoms with E-state index in [1.165, 1.54) is 30.4 Å². The second kappa shape index (κ2) is 12.8. The summed E-state index contributed by atoms with van der Waals surface area (Å²) in [6.45, 7) is 0. The number of nitrogens with zero attached hydrogens (tertiary/aromatic N) is 3. The van der Waals surface area contributed by atoms with E-state index in [1.54, 1.807) is 0 Å². The normalized spacial score (nSPS) is 14.7. The van der Waals surface area contributed by atoms with Crippen molar-refractivity contribution in [2.24, 2.45) is 0 Å². The van der Waals surface area contributed by atoms with Gasteiger partial charge in [0.15, 0.2) is 17.3 Å². The lowest BCUT2D eigenvalue weighted by Crippen LogP contribution is -2.30. The van der Waals surface area contributed by atoms with Crippen molar-refractivity contribution in [3.05, 3.63) is 175 Å². The van der Waals surface area contributed by atoms with Crippen LogP contribution in [0, 0.1) is 0 Å². The zero-order valence-electron chi connectivity index (χ0n) is 27.9. The van der Waals surface area contributed by atoms with Crippen LogP contribution in [0.2, 0.25) is 0 Å². The summed E-state index contributed by atoms with van der Waals surface area (Å²) in [5, 5.41) is 0. The lowest BCUT2D eigenvalue weighted by Gasteiger charge is -2.39. The molecular formula is C46H37N3O. The van der Waals surface area contributed by atoms with Gasteiger partial charge >= 0.3 is 0 Å². The third-order valence-electron chi connectivity index (χ3n) is 10.4. The number of ether oxygens (including phenoxy) is 1. The Bertz CT molecular complexity index is 2160. The predicted octanol–water partition coefficient (Wildman–Crippen LogP) is 12.3. The van der Waals surface area contributed by atoms with E-state index in [-0.39, 0.29) is 5.41 Å². The van der Waals surface area contributed by atoms with Gasteiger partial charge < -0.3 is 9.64 Å². The summed E-state index contributed by atoms with van der Waals surface area (Å²) in [7, 11) is 0. The van der Waals surface area contributed by atoms with Crippen molar-refractivity contribution >= 4 is 17.1 Å². The van der Waals surface area contributed by atoms with E-state index in [0.29, 0.717) is 0 Å². The Kier molecular flexibility index (Phi) is 7.70. The highest BCUT2D eigenvalue weighted by Crippen LogP contribution is 2.51. The van der Waals surface area contributed by atoms with E-state index in [4.69, 9.17) is 14.7 Å². The summed E-state index contributed by atoms with van der Waals surface area (Å²) >= 11 is 0. The molecule has 0 amide bonds. The predicted molar refractivity (Wildman–Crippen MR) is 203 cm³/mol. The second-order valence-corrected chi connectivity index (χ2v) is 13.3. The minimum Gasteiger partial charge on any atom is -0.453 e. The molecule has 0 radical (unpaired) electrons. The van der Waals surface area contributed by atoms with Crippen LogP contribution < -0.4 is 9.64 Å². The fourth-order valence-corrected chi connectivity index (χ4v) is 7.84. The highest BCUT2D eigenvalue weighted by molar-refractivity contribution is 5.86. The first-order valence-corrected chi connectivity index (χ1v) is 17.6. The fourth-order valence-electron chi connectivity index (χ4n) is 7.84. The molecule has 0 spiro atoms. The van der Waals surface area contributed by atoms with Gasteiger partial charge in [-0.2, -0.15) is 0 Å². The lowest BCUT2D eigenvalue weighted by atomic mass is 9.65. The second-order valence-electron chi connectivity index (χ2n) is 13.3. The molecule has 50 heavy (non-hydrogen) atoms. The molecule has 6 aromatic carbocycles. The molecule has 1 aliphatic heterocycles. The van der Waals surface area contributed by atoms with Crippen molar-refractivity contribution in [1.82, 2.24) is 9.97 Å². The van der Waals surface area contributed by atoms with Gasteiger partial charge in [0, 0.05) is 27.8 Å². The molecule has 0 N–H and O–H groups in total. The maximum absolute atomic E-state index is 6.27.